The molecule has 1 aliphatic heterocycles. The largest absolute Gasteiger partial charge is 0.495 e. The summed E-state index contributed by atoms with van der Waals surface area (Å²) in [5, 5.41) is 0. The zero-order chi connectivity index (χ0) is 20.9. The van der Waals surface area contributed by atoms with E-state index in [1.807, 2.05) is 53.7 Å². The molecule has 0 bridgehead atoms. The Labute approximate surface area is 178 Å². The van der Waals surface area contributed by atoms with Gasteiger partial charge < -0.3 is 19.1 Å². The van der Waals surface area contributed by atoms with Crippen molar-refractivity contribution in [3.63, 3.8) is 0 Å². The molecular weight excluding hydrogens is 374 g/mol. The van der Waals surface area contributed by atoms with Crippen LogP contribution >= 0.6 is 0 Å². The van der Waals surface area contributed by atoms with Crippen molar-refractivity contribution in [2.75, 3.05) is 38.2 Å². The molecule has 1 fully saturated rings. The Bertz CT molecular complexity index is 976. The van der Waals surface area contributed by atoms with Gasteiger partial charge in [-0.25, -0.2) is 0 Å². The number of methoxy groups -OCH3 is 1. The van der Waals surface area contributed by atoms with Crippen LogP contribution in [0, 0.1) is 6.92 Å². The summed E-state index contributed by atoms with van der Waals surface area (Å²) in [7, 11) is 1.70. The summed E-state index contributed by atoms with van der Waals surface area (Å²) in [6, 6.07) is 20.5. The number of benzene rings is 2. The quantitative estimate of drug-likeness (QED) is 0.621. The second-order valence-corrected chi connectivity index (χ2v) is 7.75. The average Bonchev–Trinajstić information content (AvgIpc) is 3.33. The highest BCUT2D eigenvalue weighted by Crippen LogP contribution is 2.29. The number of aromatic nitrogens is 1. The lowest BCUT2D eigenvalue weighted by Crippen LogP contribution is -2.49. The Balaban J connectivity index is 1.45. The van der Waals surface area contributed by atoms with Crippen LogP contribution in [0.1, 0.15) is 23.6 Å². The maximum atomic E-state index is 13.2. The molecule has 5 nitrogen and oxygen atoms in total. The van der Waals surface area contributed by atoms with Crippen molar-refractivity contribution >= 4 is 11.6 Å². The third-order valence-corrected chi connectivity index (χ3v) is 5.96. The molecule has 5 heteroatoms. The van der Waals surface area contributed by atoms with Gasteiger partial charge in [0.25, 0.3) is 0 Å². The van der Waals surface area contributed by atoms with Crippen molar-refractivity contribution in [2.45, 2.75) is 19.4 Å². The van der Waals surface area contributed by atoms with Gasteiger partial charge >= 0.3 is 0 Å². The smallest absolute Gasteiger partial charge is 0.225 e. The van der Waals surface area contributed by atoms with Crippen molar-refractivity contribution in [1.29, 1.82) is 0 Å². The lowest BCUT2D eigenvalue weighted by molar-refractivity contribution is -0.132. The Morgan fingerprint density at radius 1 is 0.933 bits per heavy atom. The molecule has 1 aliphatic rings. The second kappa shape index (κ2) is 9.08. The highest BCUT2D eigenvalue weighted by atomic mass is 16.5. The average molecular weight is 404 g/mol. The fourth-order valence-electron chi connectivity index (χ4n) is 4.27. The van der Waals surface area contributed by atoms with Crippen LogP contribution in [0.5, 0.6) is 5.75 Å². The van der Waals surface area contributed by atoms with Gasteiger partial charge in [-0.3, -0.25) is 4.79 Å². The monoisotopic (exact) mass is 403 g/mol. The van der Waals surface area contributed by atoms with Crippen molar-refractivity contribution in [3.05, 3.63) is 84.2 Å². The van der Waals surface area contributed by atoms with Gasteiger partial charge in [0.1, 0.15) is 5.75 Å². The van der Waals surface area contributed by atoms with Gasteiger partial charge in [0.15, 0.2) is 0 Å². The summed E-state index contributed by atoms with van der Waals surface area (Å²) in [5.41, 5.74) is 3.51. The van der Waals surface area contributed by atoms with Crippen LogP contribution in [0.4, 0.5) is 5.69 Å². The summed E-state index contributed by atoms with van der Waals surface area (Å²) >= 11 is 0. The topological polar surface area (TPSA) is 37.7 Å². The molecule has 2 heterocycles. The first-order chi connectivity index (χ1) is 14.7. The number of hydrogen-bond donors (Lipinski definition) is 0. The summed E-state index contributed by atoms with van der Waals surface area (Å²) in [6.07, 6.45) is 4.56. The fourth-order valence-corrected chi connectivity index (χ4v) is 4.27. The molecule has 1 aromatic heterocycles. The zero-order valence-electron chi connectivity index (χ0n) is 17.7. The highest BCUT2D eigenvalue weighted by Gasteiger charge is 2.26. The van der Waals surface area contributed by atoms with Crippen LogP contribution in [0.15, 0.2) is 73.1 Å². The third kappa shape index (κ3) is 4.20. The first kappa shape index (κ1) is 20.1. The molecule has 2 aromatic carbocycles. The first-order valence-electron chi connectivity index (χ1n) is 10.5. The number of amides is 1. The second-order valence-electron chi connectivity index (χ2n) is 7.75. The normalized spacial score (nSPS) is 15.1. The van der Waals surface area contributed by atoms with Gasteiger partial charge in [-0.2, -0.15) is 0 Å². The van der Waals surface area contributed by atoms with E-state index in [9.17, 15) is 4.79 Å². The highest BCUT2D eigenvalue weighted by molar-refractivity contribution is 5.77. The van der Waals surface area contributed by atoms with Crippen LogP contribution in [0.2, 0.25) is 0 Å². The van der Waals surface area contributed by atoms with Gasteiger partial charge in [-0.15, -0.1) is 0 Å². The summed E-state index contributed by atoms with van der Waals surface area (Å²) in [6.45, 7) is 5.18. The van der Waals surface area contributed by atoms with Gasteiger partial charge in [-0.05, 0) is 42.3 Å². The molecule has 1 atom stereocenters. The minimum absolute atomic E-state index is 0.0148. The number of hydrogen-bond acceptors (Lipinski definition) is 3. The van der Waals surface area contributed by atoms with E-state index < -0.39 is 0 Å². The van der Waals surface area contributed by atoms with Crippen LogP contribution in [0.25, 0.3) is 0 Å². The van der Waals surface area contributed by atoms with Crippen molar-refractivity contribution in [1.82, 2.24) is 9.47 Å². The zero-order valence-corrected chi connectivity index (χ0v) is 17.7. The number of rotatable bonds is 6. The number of para-hydroxylation sites is 2. The van der Waals surface area contributed by atoms with E-state index in [1.165, 1.54) is 11.1 Å². The third-order valence-electron chi connectivity index (χ3n) is 5.96. The molecule has 0 N–H and O–H groups in total. The van der Waals surface area contributed by atoms with Crippen LogP contribution in [-0.2, 0) is 4.79 Å². The Morgan fingerprint density at radius 3 is 2.30 bits per heavy atom. The van der Waals surface area contributed by atoms with E-state index in [-0.39, 0.29) is 11.9 Å². The molecule has 0 aliphatic carbocycles. The molecule has 1 unspecified atom stereocenters. The SMILES string of the molecule is COc1ccccc1N1CCN(C(=O)CC(c2ccccc2C)n2cccc2)CC1. The molecule has 3 aromatic rings. The van der Waals surface area contributed by atoms with Gasteiger partial charge in [0.05, 0.1) is 25.3 Å². The molecule has 1 amide bonds. The Kier molecular flexibility index (Phi) is 6.07. The van der Waals surface area contributed by atoms with Crippen molar-refractivity contribution < 1.29 is 9.53 Å². The van der Waals surface area contributed by atoms with Gasteiger partial charge in [0.2, 0.25) is 5.91 Å². The number of carbonyl (C=O) groups excluding carboxylic acids is 1. The molecule has 0 radical (unpaired) electrons. The van der Waals surface area contributed by atoms with E-state index in [1.54, 1.807) is 7.11 Å². The lowest BCUT2D eigenvalue weighted by Gasteiger charge is -2.37. The number of piperazine rings is 1. The maximum absolute atomic E-state index is 13.2. The number of carbonyl (C=O) groups is 1. The van der Waals surface area contributed by atoms with Crippen LogP contribution < -0.4 is 9.64 Å². The van der Waals surface area contributed by atoms with Gasteiger partial charge in [-0.1, -0.05) is 36.4 Å². The van der Waals surface area contributed by atoms with Gasteiger partial charge in [0, 0.05) is 38.6 Å². The molecule has 1 saturated heterocycles. The van der Waals surface area contributed by atoms with E-state index >= 15 is 0 Å². The molecule has 4 rings (SSSR count). The molecule has 156 valence electrons. The first-order valence-corrected chi connectivity index (χ1v) is 10.5. The minimum Gasteiger partial charge on any atom is -0.495 e. The van der Waals surface area contributed by atoms with E-state index in [4.69, 9.17) is 4.74 Å². The van der Waals surface area contributed by atoms with Crippen LogP contribution in [0.3, 0.4) is 0 Å². The van der Waals surface area contributed by atoms with E-state index in [0.29, 0.717) is 6.42 Å². The van der Waals surface area contributed by atoms with E-state index in [2.05, 4.69) is 40.7 Å². The number of ether oxygens (including phenoxy) is 1. The molecular formula is C25H29N3O2. The number of anilines is 1. The lowest BCUT2D eigenvalue weighted by atomic mass is 9.98. The molecule has 30 heavy (non-hydrogen) atoms. The summed E-state index contributed by atoms with van der Waals surface area (Å²) in [4.78, 5) is 17.5. The number of aryl methyl sites for hydroxylation is 1. The predicted molar refractivity (Wildman–Crippen MR) is 120 cm³/mol. The van der Waals surface area contributed by atoms with Crippen molar-refractivity contribution in [2.24, 2.45) is 0 Å². The fraction of sp³-hybridized carbons (Fsp3) is 0.320. The summed E-state index contributed by atoms with van der Waals surface area (Å²) < 4.78 is 7.65. The standard InChI is InChI=1S/C25H29N3O2/c1-20-9-3-4-10-21(20)23(26-13-7-8-14-26)19-25(29)28-17-15-27(16-18-28)22-11-5-6-12-24(22)30-2/h3-14,23H,15-19H2,1-2H3. The Morgan fingerprint density at radius 2 is 1.60 bits per heavy atom. The van der Waals surface area contributed by atoms with Crippen molar-refractivity contribution in [3.8, 4) is 5.75 Å². The summed E-state index contributed by atoms with van der Waals surface area (Å²) in [5.74, 6) is 1.08. The molecule has 0 saturated carbocycles. The maximum Gasteiger partial charge on any atom is 0.225 e. The Hall–Kier alpha value is -3.21. The van der Waals surface area contributed by atoms with Crippen LogP contribution in [-0.4, -0.2) is 48.7 Å². The molecule has 0 spiro atoms. The minimum atomic E-state index is 0.0148. The van der Waals surface area contributed by atoms with E-state index in [0.717, 1.165) is 37.6 Å². The predicted octanol–water partition coefficient (Wildman–Crippen LogP) is 4.13. The number of nitrogens with zero attached hydrogens (tertiary/aromatic N) is 3.